The van der Waals surface area contributed by atoms with Gasteiger partial charge in [-0.1, -0.05) is 26.0 Å². The number of carbonyl (C=O) groups is 1. The van der Waals surface area contributed by atoms with E-state index < -0.39 is 5.97 Å². The minimum Gasteiger partial charge on any atom is -0.478 e. The van der Waals surface area contributed by atoms with Crippen molar-refractivity contribution >= 4 is 17.3 Å². The number of fused-ring (bicyclic) bond motifs is 2. The number of carboxylic acids is 1. The number of thiophene rings is 1. The highest BCUT2D eigenvalue weighted by Crippen LogP contribution is 2.45. The van der Waals surface area contributed by atoms with Crippen LogP contribution in [0.5, 0.6) is 0 Å². The van der Waals surface area contributed by atoms with E-state index in [4.69, 9.17) is 0 Å². The van der Waals surface area contributed by atoms with Gasteiger partial charge in [-0.3, -0.25) is 0 Å². The van der Waals surface area contributed by atoms with Crippen molar-refractivity contribution in [2.75, 3.05) is 13.6 Å². The molecule has 1 aliphatic heterocycles. The van der Waals surface area contributed by atoms with E-state index in [1.807, 2.05) is 0 Å². The predicted octanol–water partition coefficient (Wildman–Crippen LogP) is 4.62. The van der Waals surface area contributed by atoms with Gasteiger partial charge in [0.25, 0.3) is 0 Å². The van der Waals surface area contributed by atoms with Crippen LogP contribution in [-0.4, -0.2) is 29.6 Å². The zero-order valence-electron chi connectivity index (χ0n) is 15.2. The Bertz CT molecular complexity index is 850. The second-order valence-electron chi connectivity index (χ2n) is 8.33. The first-order valence-electron chi connectivity index (χ1n) is 9.03. The molecule has 0 saturated carbocycles. The van der Waals surface area contributed by atoms with Gasteiger partial charge in [-0.2, -0.15) is 0 Å². The summed E-state index contributed by atoms with van der Waals surface area (Å²) in [5.41, 5.74) is 5.64. The largest absolute Gasteiger partial charge is 0.478 e. The van der Waals surface area contributed by atoms with Gasteiger partial charge >= 0.3 is 5.97 Å². The van der Waals surface area contributed by atoms with Gasteiger partial charge in [0.15, 0.2) is 0 Å². The Kier molecular flexibility index (Phi) is 4.00. The lowest BCUT2D eigenvalue weighted by atomic mass is 9.76. The average Bonchev–Trinajstić information content (AvgIpc) is 2.91. The fraction of sp³-hybridized carbons (Fsp3) is 0.476. The van der Waals surface area contributed by atoms with E-state index in [1.165, 1.54) is 16.0 Å². The summed E-state index contributed by atoms with van der Waals surface area (Å²) in [4.78, 5) is 16.6. The molecule has 1 aromatic carbocycles. The van der Waals surface area contributed by atoms with Crippen LogP contribution in [0.1, 0.15) is 52.2 Å². The molecular formula is C21H25NO2S. The molecule has 0 radical (unpaired) electrons. The van der Waals surface area contributed by atoms with Crippen molar-refractivity contribution in [2.24, 2.45) is 5.41 Å². The molecule has 132 valence electrons. The fourth-order valence-corrected chi connectivity index (χ4v) is 5.49. The average molecular weight is 356 g/mol. The molecule has 2 heterocycles. The Morgan fingerprint density at radius 2 is 2.04 bits per heavy atom. The monoisotopic (exact) mass is 355 g/mol. The third kappa shape index (κ3) is 3.02. The zero-order chi connectivity index (χ0) is 17.8. The molecule has 4 heteroatoms. The van der Waals surface area contributed by atoms with Crippen LogP contribution in [0, 0.1) is 5.41 Å². The van der Waals surface area contributed by atoms with E-state index in [1.54, 1.807) is 11.3 Å². The van der Waals surface area contributed by atoms with E-state index >= 15 is 0 Å². The minimum absolute atomic E-state index is 0.189. The van der Waals surface area contributed by atoms with Gasteiger partial charge in [0.1, 0.15) is 0 Å². The summed E-state index contributed by atoms with van der Waals surface area (Å²) in [5, 5.41) is 9.92. The lowest BCUT2D eigenvalue weighted by molar-refractivity contribution is 0.0696. The maximum atomic E-state index is 12.1. The summed E-state index contributed by atoms with van der Waals surface area (Å²) in [5.74, 6) is -0.778. The van der Waals surface area contributed by atoms with E-state index in [2.05, 4.69) is 44.0 Å². The van der Waals surface area contributed by atoms with E-state index in [0.717, 1.165) is 54.8 Å². The maximum Gasteiger partial charge on any atom is 0.337 e. The molecule has 3 nitrogen and oxygen atoms in total. The molecule has 1 aromatic heterocycles. The molecule has 0 bridgehead atoms. The van der Waals surface area contributed by atoms with Crippen LogP contribution < -0.4 is 0 Å². The predicted molar refractivity (Wildman–Crippen MR) is 103 cm³/mol. The van der Waals surface area contributed by atoms with Gasteiger partial charge < -0.3 is 10.0 Å². The number of carboxylic acid groups (broad SMARTS) is 1. The lowest BCUT2D eigenvalue weighted by Gasteiger charge is -2.29. The fourth-order valence-electron chi connectivity index (χ4n) is 4.19. The quantitative estimate of drug-likeness (QED) is 0.855. The van der Waals surface area contributed by atoms with Crippen molar-refractivity contribution < 1.29 is 9.90 Å². The van der Waals surface area contributed by atoms with Crippen molar-refractivity contribution in [3.05, 3.63) is 45.3 Å². The van der Waals surface area contributed by atoms with Crippen molar-refractivity contribution in [3.63, 3.8) is 0 Å². The molecule has 0 saturated heterocycles. The molecule has 1 N–H and O–H groups in total. The van der Waals surface area contributed by atoms with Crippen LogP contribution in [0.2, 0.25) is 0 Å². The second kappa shape index (κ2) is 5.96. The van der Waals surface area contributed by atoms with Crippen LogP contribution in [0.4, 0.5) is 0 Å². The summed E-state index contributed by atoms with van der Waals surface area (Å²) in [6, 6.07) is 6.55. The highest BCUT2D eigenvalue weighted by atomic mass is 32.1. The van der Waals surface area contributed by atoms with E-state index in [-0.39, 0.29) is 5.41 Å². The van der Waals surface area contributed by atoms with Crippen molar-refractivity contribution in [3.8, 4) is 10.4 Å². The number of benzene rings is 1. The number of nitrogens with zero attached hydrogens (tertiary/aromatic N) is 1. The van der Waals surface area contributed by atoms with Crippen molar-refractivity contribution in [1.82, 2.24) is 4.90 Å². The summed E-state index contributed by atoms with van der Waals surface area (Å²) >= 11 is 1.70. The Labute approximate surface area is 153 Å². The number of hydrogen-bond donors (Lipinski definition) is 1. The van der Waals surface area contributed by atoms with Gasteiger partial charge in [-0.25, -0.2) is 4.79 Å². The number of hydrogen-bond acceptors (Lipinski definition) is 3. The van der Waals surface area contributed by atoms with Gasteiger partial charge in [-0.05, 0) is 66.5 Å². The zero-order valence-corrected chi connectivity index (χ0v) is 16.0. The molecule has 25 heavy (non-hydrogen) atoms. The summed E-state index contributed by atoms with van der Waals surface area (Å²) in [6.07, 6.45) is 4.08. The molecule has 2 aromatic rings. The molecule has 2 aliphatic rings. The topological polar surface area (TPSA) is 40.5 Å². The summed E-state index contributed by atoms with van der Waals surface area (Å²) < 4.78 is 0. The Hall–Kier alpha value is -1.65. The van der Waals surface area contributed by atoms with Crippen molar-refractivity contribution in [1.29, 1.82) is 0 Å². The number of aryl methyl sites for hydroxylation is 1. The first kappa shape index (κ1) is 16.8. The van der Waals surface area contributed by atoms with Crippen LogP contribution in [0.3, 0.4) is 0 Å². The molecule has 0 fully saturated rings. The van der Waals surface area contributed by atoms with Gasteiger partial charge in [0, 0.05) is 22.8 Å². The first-order valence-corrected chi connectivity index (χ1v) is 9.84. The highest BCUT2D eigenvalue weighted by molar-refractivity contribution is 7.16. The smallest absolute Gasteiger partial charge is 0.337 e. The number of likely N-dealkylation sites (N-methyl/N-ethyl adjacent to an activating group) is 1. The standard InChI is InChI=1S/C21H25NO2S/c1-21(2)8-6-17-16(11-21)18(20(23)24)19(25-17)14-5-4-13-7-9-22(3)12-15(13)10-14/h4-5,10H,6-9,11-12H2,1-3H3,(H,23,24). The van der Waals surface area contributed by atoms with Gasteiger partial charge in [0.05, 0.1) is 5.56 Å². The molecule has 0 spiro atoms. The van der Waals surface area contributed by atoms with Crippen LogP contribution in [0.15, 0.2) is 18.2 Å². The Balaban J connectivity index is 1.82. The molecule has 0 unspecified atom stereocenters. The Morgan fingerprint density at radius 1 is 1.24 bits per heavy atom. The maximum absolute atomic E-state index is 12.1. The number of rotatable bonds is 2. The normalized spacial score (nSPS) is 19.3. The third-order valence-corrected chi connectivity index (χ3v) is 7.00. The minimum atomic E-state index is -0.778. The molecule has 0 atom stereocenters. The molecule has 4 rings (SSSR count). The highest BCUT2D eigenvalue weighted by Gasteiger charge is 2.33. The van der Waals surface area contributed by atoms with E-state index in [0.29, 0.717) is 5.56 Å². The van der Waals surface area contributed by atoms with Crippen LogP contribution >= 0.6 is 11.3 Å². The summed E-state index contributed by atoms with van der Waals surface area (Å²) in [6.45, 7) is 6.53. The second-order valence-corrected chi connectivity index (χ2v) is 9.43. The molecular weight excluding hydrogens is 330 g/mol. The summed E-state index contributed by atoms with van der Waals surface area (Å²) in [7, 11) is 2.14. The number of aromatic carboxylic acids is 1. The molecule has 0 amide bonds. The van der Waals surface area contributed by atoms with Gasteiger partial charge in [0.2, 0.25) is 0 Å². The first-order chi connectivity index (χ1) is 11.8. The third-order valence-electron chi connectivity index (χ3n) is 5.66. The Morgan fingerprint density at radius 3 is 2.80 bits per heavy atom. The van der Waals surface area contributed by atoms with Crippen molar-refractivity contribution in [2.45, 2.75) is 46.1 Å². The molecule has 1 aliphatic carbocycles. The van der Waals surface area contributed by atoms with Crippen LogP contribution in [0.25, 0.3) is 10.4 Å². The van der Waals surface area contributed by atoms with Gasteiger partial charge in [-0.15, -0.1) is 11.3 Å². The van der Waals surface area contributed by atoms with E-state index in [9.17, 15) is 9.90 Å². The lowest BCUT2D eigenvalue weighted by Crippen LogP contribution is -2.26. The van der Waals surface area contributed by atoms with Crippen LogP contribution in [-0.2, 0) is 25.8 Å². The SMILES string of the molecule is CN1CCc2ccc(-c3sc4c(c3C(=O)O)CC(C)(C)CC4)cc2C1.